The van der Waals surface area contributed by atoms with E-state index >= 15 is 0 Å². The highest BCUT2D eigenvalue weighted by atomic mass is 16.5. The monoisotopic (exact) mass is 357 g/mol. The molecule has 0 radical (unpaired) electrons. The first-order valence-electron chi connectivity index (χ1n) is 8.49. The van der Waals surface area contributed by atoms with E-state index in [-0.39, 0.29) is 11.8 Å². The largest absolute Gasteiger partial charge is 0.496 e. The van der Waals surface area contributed by atoms with Gasteiger partial charge in [0, 0.05) is 38.6 Å². The van der Waals surface area contributed by atoms with Crippen LogP contribution in [0.4, 0.5) is 0 Å². The number of aromatic amines is 1. The van der Waals surface area contributed by atoms with Crippen molar-refractivity contribution in [3.05, 3.63) is 47.3 Å². The predicted octanol–water partition coefficient (Wildman–Crippen LogP) is 1.94. The van der Waals surface area contributed by atoms with E-state index in [0.717, 1.165) is 5.56 Å². The van der Waals surface area contributed by atoms with Gasteiger partial charge in [-0.05, 0) is 30.7 Å². The predicted molar refractivity (Wildman–Crippen MR) is 96.9 cm³/mol. The molecule has 2 aromatic rings. The topological polar surface area (TPSA) is 74.9 Å². The van der Waals surface area contributed by atoms with Crippen molar-refractivity contribution >= 4 is 11.8 Å². The Morgan fingerprint density at radius 1 is 0.962 bits per heavy atom. The molecule has 138 valence electrons. The van der Waals surface area contributed by atoms with Gasteiger partial charge in [0.1, 0.15) is 11.5 Å². The van der Waals surface area contributed by atoms with Gasteiger partial charge in [-0.3, -0.25) is 9.59 Å². The van der Waals surface area contributed by atoms with Crippen LogP contribution in [0, 0.1) is 6.92 Å². The molecule has 2 amide bonds. The van der Waals surface area contributed by atoms with Crippen LogP contribution in [0.5, 0.6) is 11.5 Å². The molecule has 1 saturated heterocycles. The third-order valence-electron chi connectivity index (χ3n) is 4.65. The zero-order valence-electron chi connectivity index (χ0n) is 15.2. The molecule has 2 heterocycles. The molecule has 0 bridgehead atoms. The number of benzene rings is 1. The lowest BCUT2D eigenvalue weighted by atomic mass is 10.1. The Balaban J connectivity index is 1.72. The highest BCUT2D eigenvalue weighted by Gasteiger charge is 2.27. The number of hydrogen-bond acceptors (Lipinski definition) is 4. The number of H-pyrrole nitrogens is 1. The summed E-state index contributed by atoms with van der Waals surface area (Å²) in [6.07, 6.45) is 3.41. The van der Waals surface area contributed by atoms with Gasteiger partial charge in [0.05, 0.1) is 25.3 Å². The van der Waals surface area contributed by atoms with Crippen molar-refractivity contribution in [2.24, 2.45) is 0 Å². The molecule has 1 N–H and O–H groups in total. The number of methoxy groups -OCH3 is 2. The Morgan fingerprint density at radius 3 is 2.12 bits per heavy atom. The van der Waals surface area contributed by atoms with Crippen molar-refractivity contribution in [1.29, 1.82) is 0 Å². The van der Waals surface area contributed by atoms with Gasteiger partial charge >= 0.3 is 0 Å². The molecule has 0 aliphatic carbocycles. The minimum Gasteiger partial charge on any atom is -0.496 e. The number of carbonyl (C=O) groups excluding carboxylic acids is 2. The van der Waals surface area contributed by atoms with Gasteiger partial charge in [-0.15, -0.1) is 0 Å². The Hall–Kier alpha value is -2.96. The second-order valence-electron chi connectivity index (χ2n) is 6.21. The minimum atomic E-state index is -0.117. The summed E-state index contributed by atoms with van der Waals surface area (Å²) in [6, 6.07) is 5.27. The van der Waals surface area contributed by atoms with E-state index in [9.17, 15) is 9.59 Å². The van der Waals surface area contributed by atoms with Gasteiger partial charge in [0.15, 0.2) is 0 Å². The van der Waals surface area contributed by atoms with Crippen LogP contribution < -0.4 is 9.47 Å². The van der Waals surface area contributed by atoms with E-state index < -0.39 is 0 Å². The zero-order chi connectivity index (χ0) is 18.7. The van der Waals surface area contributed by atoms with Crippen LogP contribution in [-0.2, 0) is 0 Å². The summed E-state index contributed by atoms with van der Waals surface area (Å²) in [4.78, 5) is 31.7. The molecule has 1 fully saturated rings. The quantitative estimate of drug-likeness (QED) is 0.907. The van der Waals surface area contributed by atoms with E-state index in [2.05, 4.69) is 4.98 Å². The molecule has 0 atom stereocenters. The number of carbonyl (C=O) groups is 2. The molecule has 1 aromatic carbocycles. The highest BCUT2D eigenvalue weighted by molar-refractivity contribution is 5.98. The van der Waals surface area contributed by atoms with Crippen molar-refractivity contribution in [1.82, 2.24) is 14.8 Å². The van der Waals surface area contributed by atoms with Crippen LogP contribution in [0.25, 0.3) is 0 Å². The molecule has 3 rings (SSSR count). The summed E-state index contributed by atoms with van der Waals surface area (Å²) in [7, 11) is 3.12. The van der Waals surface area contributed by atoms with Crippen LogP contribution in [0.1, 0.15) is 26.3 Å². The summed E-state index contributed by atoms with van der Waals surface area (Å²) in [5, 5.41) is 0. The minimum absolute atomic E-state index is 0.0204. The second kappa shape index (κ2) is 7.51. The third-order valence-corrected chi connectivity index (χ3v) is 4.65. The molecule has 1 aliphatic heterocycles. The molecule has 0 spiro atoms. The molecular weight excluding hydrogens is 334 g/mol. The van der Waals surface area contributed by atoms with E-state index in [1.165, 1.54) is 0 Å². The number of aromatic nitrogens is 1. The number of rotatable bonds is 4. The first-order valence-corrected chi connectivity index (χ1v) is 8.49. The summed E-state index contributed by atoms with van der Waals surface area (Å²) < 4.78 is 10.7. The van der Waals surface area contributed by atoms with Gasteiger partial charge in [0.25, 0.3) is 11.8 Å². The van der Waals surface area contributed by atoms with Gasteiger partial charge in [0.2, 0.25) is 0 Å². The van der Waals surface area contributed by atoms with E-state index in [1.807, 2.05) is 6.92 Å². The van der Waals surface area contributed by atoms with Crippen LogP contribution in [-0.4, -0.2) is 67.0 Å². The summed E-state index contributed by atoms with van der Waals surface area (Å²) in [6.45, 7) is 3.87. The number of nitrogens with zero attached hydrogens (tertiary/aromatic N) is 2. The lowest BCUT2D eigenvalue weighted by Crippen LogP contribution is -2.50. The van der Waals surface area contributed by atoms with Crippen LogP contribution in [0.15, 0.2) is 30.6 Å². The standard InChI is InChI=1S/C19H23N3O4/c1-13-10-17(26-3)15(11-16(13)25-2)19(24)22-8-6-21(7-9-22)18(23)14-4-5-20-12-14/h4-5,10-12,20H,6-9H2,1-3H3. The molecule has 1 aliphatic rings. The van der Waals surface area contributed by atoms with Crippen molar-refractivity contribution in [3.63, 3.8) is 0 Å². The molecule has 7 heteroatoms. The van der Waals surface area contributed by atoms with Crippen molar-refractivity contribution < 1.29 is 19.1 Å². The lowest BCUT2D eigenvalue weighted by Gasteiger charge is -2.35. The third kappa shape index (κ3) is 3.37. The summed E-state index contributed by atoms with van der Waals surface area (Å²) in [5.74, 6) is 1.04. The molecule has 1 aromatic heterocycles. The van der Waals surface area contributed by atoms with Crippen molar-refractivity contribution in [3.8, 4) is 11.5 Å². The first-order chi connectivity index (χ1) is 12.5. The average molecular weight is 357 g/mol. The molecule has 0 unspecified atom stereocenters. The number of amides is 2. The molecule has 26 heavy (non-hydrogen) atoms. The van der Waals surface area contributed by atoms with E-state index in [0.29, 0.717) is 48.8 Å². The first kappa shape index (κ1) is 17.8. The number of ether oxygens (including phenoxy) is 2. The number of hydrogen-bond donors (Lipinski definition) is 1. The highest BCUT2D eigenvalue weighted by Crippen LogP contribution is 2.29. The van der Waals surface area contributed by atoms with E-state index in [4.69, 9.17) is 9.47 Å². The summed E-state index contributed by atoms with van der Waals surface area (Å²) >= 11 is 0. The number of aryl methyl sites for hydroxylation is 1. The fraction of sp³-hybridized carbons (Fsp3) is 0.368. The van der Waals surface area contributed by atoms with Crippen molar-refractivity contribution in [2.45, 2.75) is 6.92 Å². The Bertz CT molecular complexity index is 793. The average Bonchev–Trinajstić information content (AvgIpc) is 3.21. The van der Waals surface area contributed by atoms with Crippen LogP contribution >= 0.6 is 0 Å². The smallest absolute Gasteiger partial charge is 0.257 e. The molecular formula is C19H23N3O4. The van der Waals surface area contributed by atoms with Crippen LogP contribution in [0.2, 0.25) is 0 Å². The Labute approximate surface area is 152 Å². The molecule has 7 nitrogen and oxygen atoms in total. The zero-order valence-corrected chi connectivity index (χ0v) is 15.2. The lowest BCUT2D eigenvalue weighted by molar-refractivity contribution is 0.0533. The normalized spacial score (nSPS) is 14.3. The Kier molecular flexibility index (Phi) is 5.16. The summed E-state index contributed by atoms with van der Waals surface area (Å²) in [5.41, 5.74) is 2.01. The van der Waals surface area contributed by atoms with E-state index in [1.54, 1.807) is 54.6 Å². The number of nitrogens with one attached hydrogen (secondary N) is 1. The molecule has 0 saturated carbocycles. The van der Waals surface area contributed by atoms with Gasteiger partial charge < -0.3 is 24.3 Å². The van der Waals surface area contributed by atoms with Crippen LogP contribution in [0.3, 0.4) is 0 Å². The van der Waals surface area contributed by atoms with Gasteiger partial charge in [-0.2, -0.15) is 0 Å². The van der Waals surface area contributed by atoms with Gasteiger partial charge in [-0.1, -0.05) is 0 Å². The SMILES string of the molecule is COc1cc(C(=O)N2CCN(C(=O)c3cc[nH]c3)CC2)c(OC)cc1C. The van der Waals surface area contributed by atoms with Crippen molar-refractivity contribution in [2.75, 3.05) is 40.4 Å². The maximum Gasteiger partial charge on any atom is 0.257 e. The second-order valence-corrected chi connectivity index (χ2v) is 6.21. The fourth-order valence-electron chi connectivity index (χ4n) is 3.14. The maximum atomic E-state index is 12.9. The van der Waals surface area contributed by atoms with Gasteiger partial charge in [-0.25, -0.2) is 0 Å². The fourth-order valence-corrected chi connectivity index (χ4v) is 3.14. The maximum absolute atomic E-state index is 12.9. The Morgan fingerprint density at radius 2 is 1.58 bits per heavy atom. The number of piperazine rings is 1.